The molecule has 1 fully saturated rings. The minimum absolute atomic E-state index is 0.352. The van der Waals surface area contributed by atoms with Gasteiger partial charge in [-0.25, -0.2) is 9.18 Å². The predicted molar refractivity (Wildman–Crippen MR) is 90.2 cm³/mol. The Kier molecular flexibility index (Phi) is 6.08. The van der Waals surface area contributed by atoms with Gasteiger partial charge in [0.05, 0.1) is 0 Å². The number of carbonyl (C=O) groups is 3. The van der Waals surface area contributed by atoms with Gasteiger partial charge in [-0.3, -0.25) is 14.5 Å². The lowest BCUT2D eigenvalue weighted by atomic mass is 9.92. The number of amides is 4. The molecule has 1 aliphatic heterocycles. The highest BCUT2D eigenvalue weighted by Gasteiger charge is 2.49. The summed E-state index contributed by atoms with van der Waals surface area (Å²) in [7, 11) is 0. The number of imide groups is 1. The number of rotatable bonds is 8. The minimum Gasteiger partial charge on any atom is -0.353 e. The maximum absolute atomic E-state index is 13.1. The second-order valence-electron chi connectivity index (χ2n) is 6.05. The third-order valence-corrected chi connectivity index (χ3v) is 4.05. The molecule has 0 bridgehead atoms. The van der Waals surface area contributed by atoms with E-state index >= 15 is 0 Å². The van der Waals surface area contributed by atoms with Gasteiger partial charge in [-0.1, -0.05) is 19.1 Å². The Morgan fingerprint density at radius 2 is 1.88 bits per heavy atom. The smallest absolute Gasteiger partial charge is 0.325 e. The quantitative estimate of drug-likeness (QED) is 0.476. The van der Waals surface area contributed by atoms with Crippen molar-refractivity contribution in [3.05, 3.63) is 35.6 Å². The summed E-state index contributed by atoms with van der Waals surface area (Å²) in [5.41, 5.74) is -0.854. The molecule has 0 aliphatic carbocycles. The SMILES string of the molecule is CCCNCCNC(=O)CN1C(=O)NC(C)(c2ccc(F)cc2)C1=O. The molecule has 8 heteroatoms. The maximum atomic E-state index is 13.1. The van der Waals surface area contributed by atoms with Crippen LogP contribution in [0.2, 0.25) is 0 Å². The van der Waals surface area contributed by atoms with Gasteiger partial charge in [0.1, 0.15) is 17.9 Å². The molecule has 1 aromatic rings. The van der Waals surface area contributed by atoms with Crippen molar-refractivity contribution in [3.8, 4) is 0 Å². The Bertz CT molecular complexity index is 650. The molecule has 0 spiro atoms. The van der Waals surface area contributed by atoms with Crippen molar-refractivity contribution in [2.24, 2.45) is 0 Å². The van der Waals surface area contributed by atoms with Gasteiger partial charge in [0.25, 0.3) is 5.91 Å². The molecular formula is C17H23FN4O3. The highest BCUT2D eigenvalue weighted by Crippen LogP contribution is 2.28. The number of carbonyl (C=O) groups excluding carboxylic acids is 3. The zero-order valence-corrected chi connectivity index (χ0v) is 14.4. The molecule has 1 aromatic carbocycles. The van der Waals surface area contributed by atoms with Crippen LogP contribution in [0.25, 0.3) is 0 Å². The van der Waals surface area contributed by atoms with Crippen LogP contribution in [0.15, 0.2) is 24.3 Å². The second-order valence-corrected chi connectivity index (χ2v) is 6.05. The second kappa shape index (κ2) is 8.06. The van der Waals surface area contributed by atoms with Crippen molar-refractivity contribution in [2.45, 2.75) is 25.8 Å². The average molecular weight is 350 g/mol. The van der Waals surface area contributed by atoms with E-state index < -0.39 is 29.2 Å². The molecular weight excluding hydrogens is 327 g/mol. The Morgan fingerprint density at radius 1 is 1.20 bits per heavy atom. The van der Waals surface area contributed by atoms with Crippen LogP contribution in [0.4, 0.5) is 9.18 Å². The van der Waals surface area contributed by atoms with Crippen LogP contribution in [0.5, 0.6) is 0 Å². The van der Waals surface area contributed by atoms with Crippen LogP contribution in [0.1, 0.15) is 25.8 Å². The highest BCUT2D eigenvalue weighted by molar-refractivity contribution is 6.09. The van der Waals surface area contributed by atoms with Gasteiger partial charge in [-0.05, 0) is 37.6 Å². The number of nitrogens with zero attached hydrogens (tertiary/aromatic N) is 1. The summed E-state index contributed by atoms with van der Waals surface area (Å²) >= 11 is 0. The predicted octanol–water partition coefficient (Wildman–Crippen LogP) is 0.709. The lowest BCUT2D eigenvalue weighted by Gasteiger charge is -2.22. The molecule has 136 valence electrons. The van der Waals surface area contributed by atoms with Gasteiger partial charge in [0, 0.05) is 13.1 Å². The molecule has 1 aliphatic rings. The van der Waals surface area contributed by atoms with Crippen molar-refractivity contribution >= 4 is 17.8 Å². The molecule has 0 saturated carbocycles. The summed E-state index contributed by atoms with van der Waals surface area (Å²) in [5.74, 6) is -1.38. The summed E-state index contributed by atoms with van der Waals surface area (Å²) in [6.45, 7) is 5.12. The van der Waals surface area contributed by atoms with Crippen LogP contribution in [-0.2, 0) is 15.1 Å². The first kappa shape index (κ1) is 18.9. The highest BCUT2D eigenvalue weighted by atomic mass is 19.1. The Hall–Kier alpha value is -2.48. The zero-order valence-electron chi connectivity index (χ0n) is 14.4. The summed E-state index contributed by atoms with van der Waals surface area (Å²) in [6, 6.07) is 4.68. The molecule has 2 rings (SSSR count). The lowest BCUT2D eigenvalue weighted by Crippen LogP contribution is -2.44. The molecule has 1 heterocycles. The lowest BCUT2D eigenvalue weighted by molar-refractivity contribution is -0.134. The molecule has 3 N–H and O–H groups in total. The van der Waals surface area contributed by atoms with Gasteiger partial charge in [0.2, 0.25) is 5.91 Å². The fourth-order valence-corrected chi connectivity index (χ4v) is 2.61. The first-order chi connectivity index (χ1) is 11.9. The van der Waals surface area contributed by atoms with Crippen LogP contribution >= 0.6 is 0 Å². The van der Waals surface area contributed by atoms with Gasteiger partial charge in [-0.2, -0.15) is 0 Å². The number of halogens is 1. The van der Waals surface area contributed by atoms with E-state index in [4.69, 9.17) is 0 Å². The monoisotopic (exact) mass is 350 g/mol. The van der Waals surface area contributed by atoms with Crippen LogP contribution in [-0.4, -0.2) is 48.9 Å². The van der Waals surface area contributed by atoms with Crippen molar-refractivity contribution < 1.29 is 18.8 Å². The topological polar surface area (TPSA) is 90.5 Å². The molecule has 25 heavy (non-hydrogen) atoms. The average Bonchev–Trinajstić information content (AvgIpc) is 2.79. The fraction of sp³-hybridized carbons (Fsp3) is 0.471. The normalized spacial score (nSPS) is 19.9. The summed E-state index contributed by atoms with van der Waals surface area (Å²) in [6.07, 6.45) is 0.998. The van der Waals surface area contributed by atoms with Gasteiger partial charge in [0.15, 0.2) is 0 Å². The molecule has 4 amide bonds. The van der Waals surface area contributed by atoms with Gasteiger partial charge < -0.3 is 16.0 Å². The van der Waals surface area contributed by atoms with Crippen molar-refractivity contribution in [2.75, 3.05) is 26.2 Å². The van der Waals surface area contributed by atoms with Crippen LogP contribution in [0.3, 0.4) is 0 Å². The third kappa shape index (κ3) is 4.33. The largest absolute Gasteiger partial charge is 0.353 e. The summed E-state index contributed by atoms with van der Waals surface area (Å²) in [4.78, 5) is 37.6. The summed E-state index contributed by atoms with van der Waals surface area (Å²) < 4.78 is 13.1. The molecule has 0 radical (unpaired) electrons. The molecule has 0 aromatic heterocycles. The Labute approximate surface area is 145 Å². The number of benzene rings is 1. The van der Waals surface area contributed by atoms with Gasteiger partial charge in [-0.15, -0.1) is 0 Å². The van der Waals surface area contributed by atoms with Crippen LogP contribution < -0.4 is 16.0 Å². The number of hydrogen-bond donors (Lipinski definition) is 3. The van der Waals surface area contributed by atoms with E-state index in [1.54, 1.807) is 0 Å². The summed E-state index contributed by atoms with van der Waals surface area (Å²) in [5, 5.41) is 8.37. The third-order valence-electron chi connectivity index (χ3n) is 4.05. The van der Waals surface area contributed by atoms with Gasteiger partial charge >= 0.3 is 6.03 Å². The molecule has 1 atom stereocenters. The Balaban J connectivity index is 1.96. The van der Waals surface area contributed by atoms with Crippen molar-refractivity contribution in [3.63, 3.8) is 0 Å². The van der Waals surface area contributed by atoms with E-state index in [1.807, 2.05) is 6.92 Å². The fourth-order valence-electron chi connectivity index (χ4n) is 2.61. The van der Waals surface area contributed by atoms with E-state index in [9.17, 15) is 18.8 Å². The minimum atomic E-state index is -1.31. The molecule has 1 saturated heterocycles. The van der Waals surface area contributed by atoms with Crippen molar-refractivity contribution in [1.82, 2.24) is 20.9 Å². The Morgan fingerprint density at radius 3 is 2.52 bits per heavy atom. The molecule has 7 nitrogen and oxygen atoms in total. The van der Waals surface area contributed by atoms with E-state index in [1.165, 1.54) is 31.2 Å². The maximum Gasteiger partial charge on any atom is 0.325 e. The van der Waals surface area contributed by atoms with E-state index in [0.29, 0.717) is 18.7 Å². The zero-order chi connectivity index (χ0) is 18.4. The van der Waals surface area contributed by atoms with Crippen LogP contribution in [0, 0.1) is 5.82 Å². The number of hydrogen-bond acceptors (Lipinski definition) is 4. The van der Waals surface area contributed by atoms with E-state index in [0.717, 1.165) is 17.9 Å². The first-order valence-electron chi connectivity index (χ1n) is 8.26. The van der Waals surface area contributed by atoms with E-state index in [-0.39, 0.29) is 6.54 Å². The number of urea groups is 1. The molecule has 1 unspecified atom stereocenters. The number of nitrogens with one attached hydrogen (secondary N) is 3. The standard InChI is InChI=1S/C17H23FN4O3/c1-3-8-19-9-10-20-14(23)11-22-15(24)17(2,21-16(22)25)12-4-6-13(18)7-5-12/h4-7,19H,3,8-11H2,1-2H3,(H,20,23)(H,21,25). The van der Waals surface area contributed by atoms with E-state index in [2.05, 4.69) is 16.0 Å². The first-order valence-corrected chi connectivity index (χ1v) is 8.26. The van der Waals surface area contributed by atoms with Crippen molar-refractivity contribution in [1.29, 1.82) is 0 Å².